The number of methoxy groups -OCH3 is 1. The molecule has 1 N–H and O–H groups in total. The van der Waals surface area contributed by atoms with Crippen LogP contribution in [0.5, 0.6) is 11.5 Å². The minimum absolute atomic E-state index is 0.0853. The number of aromatic nitrogens is 1. The molecule has 7 nitrogen and oxygen atoms in total. The zero-order chi connectivity index (χ0) is 19.8. The number of non-ortho nitro benzene ring substituents is 1. The Morgan fingerprint density at radius 3 is 2.54 bits per heavy atom. The number of aromatic amines is 1. The van der Waals surface area contributed by atoms with Crippen LogP contribution >= 0.6 is 11.6 Å². The highest BCUT2D eigenvalue weighted by atomic mass is 35.5. The van der Waals surface area contributed by atoms with Gasteiger partial charge in [-0.2, -0.15) is 0 Å². The number of carbonyl (C=O) groups excluding carboxylic acids is 1. The fourth-order valence-corrected chi connectivity index (χ4v) is 3.26. The number of hydrogen-bond donors (Lipinski definition) is 1. The van der Waals surface area contributed by atoms with Gasteiger partial charge in [-0.3, -0.25) is 10.1 Å². The van der Waals surface area contributed by atoms with Gasteiger partial charge in [0.1, 0.15) is 11.5 Å². The fraction of sp³-hybridized carbons (Fsp3) is 0.0500. The lowest BCUT2D eigenvalue weighted by molar-refractivity contribution is -0.384. The number of benzene rings is 3. The number of H-pyrrole nitrogens is 1. The van der Waals surface area contributed by atoms with Crippen molar-refractivity contribution >= 4 is 45.1 Å². The van der Waals surface area contributed by atoms with E-state index in [0.717, 1.165) is 10.9 Å². The van der Waals surface area contributed by atoms with Crippen LogP contribution in [0.25, 0.3) is 21.8 Å². The summed E-state index contributed by atoms with van der Waals surface area (Å²) < 4.78 is 10.8. The van der Waals surface area contributed by atoms with Gasteiger partial charge < -0.3 is 14.5 Å². The number of esters is 1. The van der Waals surface area contributed by atoms with Crippen LogP contribution in [-0.4, -0.2) is 23.0 Å². The predicted octanol–water partition coefficient (Wildman–Crippen LogP) is 5.11. The summed E-state index contributed by atoms with van der Waals surface area (Å²) in [6.07, 6.45) is 0. The first kappa shape index (κ1) is 17.8. The van der Waals surface area contributed by atoms with Crippen LogP contribution in [0.3, 0.4) is 0 Å². The monoisotopic (exact) mass is 396 g/mol. The number of nitrogens with zero attached hydrogens (tertiary/aromatic N) is 1. The first-order valence-electron chi connectivity index (χ1n) is 8.22. The zero-order valence-corrected chi connectivity index (χ0v) is 15.3. The second-order valence-corrected chi connectivity index (χ2v) is 6.46. The van der Waals surface area contributed by atoms with Crippen LogP contribution in [0, 0.1) is 10.1 Å². The molecule has 0 atom stereocenters. The van der Waals surface area contributed by atoms with Crippen LogP contribution in [0.15, 0.2) is 54.6 Å². The molecule has 0 amide bonds. The lowest BCUT2D eigenvalue weighted by atomic mass is 10.1. The van der Waals surface area contributed by atoms with Gasteiger partial charge in [-0.15, -0.1) is 0 Å². The van der Waals surface area contributed by atoms with Gasteiger partial charge in [0.05, 0.1) is 23.1 Å². The van der Waals surface area contributed by atoms with E-state index in [1.54, 1.807) is 31.4 Å². The Balaban J connectivity index is 1.81. The Hall–Kier alpha value is -3.58. The number of halogens is 1. The lowest BCUT2D eigenvalue weighted by Crippen LogP contribution is -2.09. The van der Waals surface area contributed by atoms with Crippen molar-refractivity contribution in [3.05, 3.63) is 75.3 Å². The molecule has 4 aromatic rings. The molecule has 1 aromatic heterocycles. The molecule has 0 saturated heterocycles. The highest BCUT2D eigenvalue weighted by molar-refractivity contribution is 6.32. The summed E-state index contributed by atoms with van der Waals surface area (Å²) in [7, 11) is 1.54. The summed E-state index contributed by atoms with van der Waals surface area (Å²) in [5.41, 5.74) is 1.69. The topological polar surface area (TPSA) is 94.5 Å². The summed E-state index contributed by atoms with van der Waals surface area (Å²) in [5, 5.41) is 12.7. The van der Waals surface area contributed by atoms with E-state index in [4.69, 9.17) is 21.1 Å². The van der Waals surface area contributed by atoms with E-state index in [9.17, 15) is 14.9 Å². The maximum atomic E-state index is 12.8. The van der Waals surface area contributed by atoms with E-state index in [1.807, 2.05) is 6.07 Å². The number of rotatable bonds is 4. The van der Waals surface area contributed by atoms with Crippen LogP contribution in [0.1, 0.15) is 10.4 Å². The summed E-state index contributed by atoms with van der Waals surface area (Å²) in [6.45, 7) is 0. The molecule has 1 heterocycles. The minimum Gasteiger partial charge on any atom is -0.495 e. The Labute approximate surface area is 163 Å². The van der Waals surface area contributed by atoms with E-state index >= 15 is 0 Å². The molecule has 0 radical (unpaired) electrons. The number of nitro benzene ring substituents is 1. The molecule has 140 valence electrons. The molecule has 28 heavy (non-hydrogen) atoms. The number of fused-ring (bicyclic) bond motifs is 3. The molecule has 0 fully saturated rings. The third kappa shape index (κ3) is 3.01. The minimum atomic E-state index is -0.595. The average molecular weight is 397 g/mol. The van der Waals surface area contributed by atoms with Crippen molar-refractivity contribution in [3.63, 3.8) is 0 Å². The molecule has 0 aliphatic rings. The van der Waals surface area contributed by atoms with Crippen molar-refractivity contribution in [2.45, 2.75) is 0 Å². The normalized spacial score (nSPS) is 10.9. The van der Waals surface area contributed by atoms with Gasteiger partial charge >= 0.3 is 5.97 Å². The third-order valence-corrected chi connectivity index (χ3v) is 4.61. The van der Waals surface area contributed by atoms with Crippen LogP contribution < -0.4 is 9.47 Å². The average Bonchev–Trinajstić information content (AvgIpc) is 3.06. The maximum absolute atomic E-state index is 12.8. The van der Waals surface area contributed by atoms with Gasteiger partial charge in [0.25, 0.3) is 5.69 Å². The second-order valence-electron chi connectivity index (χ2n) is 6.02. The van der Waals surface area contributed by atoms with E-state index in [1.165, 1.54) is 24.3 Å². The zero-order valence-electron chi connectivity index (χ0n) is 14.6. The SMILES string of the molecule is COc1ccc(C(=O)Oc2ccc([N+](=O)[O-])cc2)c2c1[nH]c1ccc(Cl)cc12. The quantitative estimate of drug-likeness (QED) is 0.224. The first-order chi connectivity index (χ1) is 13.5. The van der Waals surface area contributed by atoms with Crippen molar-refractivity contribution in [2.24, 2.45) is 0 Å². The van der Waals surface area contributed by atoms with Crippen LogP contribution in [-0.2, 0) is 0 Å². The highest BCUT2D eigenvalue weighted by Crippen LogP contribution is 2.36. The van der Waals surface area contributed by atoms with Crippen LogP contribution in [0.4, 0.5) is 5.69 Å². The third-order valence-electron chi connectivity index (χ3n) is 4.38. The summed E-state index contributed by atoms with van der Waals surface area (Å²) in [4.78, 5) is 26.3. The van der Waals surface area contributed by atoms with E-state index in [-0.39, 0.29) is 11.4 Å². The molecule has 0 bridgehead atoms. The van der Waals surface area contributed by atoms with Gasteiger partial charge in [0.15, 0.2) is 0 Å². The number of nitrogens with one attached hydrogen (secondary N) is 1. The molecule has 0 aliphatic heterocycles. The van der Waals surface area contributed by atoms with Crippen molar-refractivity contribution in [3.8, 4) is 11.5 Å². The van der Waals surface area contributed by atoms with Gasteiger partial charge in [-0.25, -0.2) is 4.79 Å². The Bertz CT molecular complexity index is 1230. The Morgan fingerprint density at radius 2 is 1.86 bits per heavy atom. The Morgan fingerprint density at radius 1 is 1.11 bits per heavy atom. The molecule has 3 aromatic carbocycles. The van der Waals surface area contributed by atoms with Crippen molar-refractivity contribution in [1.82, 2.24) is 4.98 Å². The molecular weight excluding hydrogens is 384 g/mol. The predicted molar refractivity (Wildman–Crippen MR) is 105 cm³/mol. The number of ether oxygens (including phenoxy) is 2. The maximum Gasteiger partial charge on any atom is 0.344 e. The summed E-state index contributed by atoms with van der Waals surface area (Å²) >= 11 is 6.14. The molecule has 0 spiro atoms. The van der Waals surface area contributed by atoms with E-state index < -0.39 is 10.9 Å². The van der Waals surface area contributed by atoms with Crippen molar-refractivity contribution < 1.29 is 19.2 Å². The highest BCUT2D eigenvalue weighted by Gasteiger charge is 2.20. The lowest BCUT2D eigenvalue weighted by Gasteiger charge is -2.08. The van der Waals surface area contributed by atoms with E-state index in [0.29, 0.717) is 27.2 Å². The van der Waals surface area contributed by atoms with Gasteiger partial charge in [-0.1, -0.05) is 11.6 Å². The molecule has 0 saturated carbocycles. The summed E-state index contributed by atoms with van der Waals surface area (Å²) in [6, 6.07) is 13.9. The van der Waals surface area contributed by atoms with Gasteiger partial charge in [-0.05, 0) is 42.5 Å². The van der Waals surface area contributed by atoms with E-state index in [2.05, 4.69) is 4.98 Å². The number of nitro groups is 1. The Kier molecular flexibility index (Phi) is 4.37. The molecule has 4 rings (SSSR count). The second kappa shape index (κ2) is 6.86. The van der Waals surface area contributed by atoms with Crippen molar-refractivity contribution in [1.29, 1.82) is 0 Å². The van der Waals surface area contributed by atoms with Crippen molar-refractivity contribution in [2.75, 3.05) is 7.11 Å². The molecule has 0 unspecified atom stereocenters. The number of hydrogen-bond acceptors (Lipinski definition) is 5. The van der Waals surface area contributed by atoms with Gasteiger partial charge in [0.2, 0.25) is 0 Å². The van der Waals surface area contributed by atoms with Gasteiger partial charge in [0, 0.05) is 33.4 Å². The smallest absolute Gasteiger partial charge is 0.344 e. The fourth-order valence-electron chi connectivity index (χ4n) is 3.09. The summed E-state index contributed by atoms with van der Waals surface area (Å²) in [5.74, 6) is 0.189. The first-order valence-corrected chi connectivity index (χ1v) is 8.60. The van der Waals surface area contributed by atoms with Crippen LogP contribution in [0.2, 0.25) is 5.02 Å². The standard InChI is InChI=1S/C20H13ClN2O5/c1-27-17-9-7-14(18-15-10-11(21)2-8-16(15)22-19(17)18)20(24)28-13-5-3-12(4-6-13)23(25)26/h2-10,22H,1H3. The molecule has 8 heteroatoms. The number of carbonyl (C=O) groups is 1. The molecular formula is C20H13ClN2O5. The molecule has 0 aliphatic carbocycles. The largest absolute Gasteiger partial charge is 0.495 e.